The van der Waals surface area contributed by atoms with Crippen molar-refractivity contribution in [1.82, 2.24) is 9.80 Å². The number of benzene rings is 1. The summed E-state index contributed by atoms with van der Waals surface area (Å²) < 4.78 is 0. The second kappa shape index (κ2) is 6.44. The van der Waals surface area contributed by atoms with Crippen LogP contribution in [0.4, 0.5) is 0 Å². The lowest BCUT2D eigenvalue weighted by Gasteiger charge is -2.35. The summed E-state index contributed by atoms with van der Waals surface area (Å²) in [6.07, 6.45) is 0. The monoisotopic (exact) mass is 278 g/mol. The SMILES string of the molecule is Cc1ccc([C@H]2CSCCN2CC(=O)N(C)C)cc1. The van der Waals surface area contributed by atoms with Gasteiger partial charge in [0, 0.05) is 38.2 Å². The van der Waals surface area contributed by atoms with Gasteiger partial charge in [0.05, 0.1) is 6.54 Å². The molecule has 1 aliphatic rings. The van der Waals surface area contributed by atoms with E-state index in [1.807, 2.05) is 25.9 Å². The molecule has 1 amide bonds. The number of thioether (sulfide) groups is 1. The Hall–Kier alpha value is -1.00. The van der Waals surface area contributed by atoms with Crippen molar-refractivity contribution >= 4 is 17.7 Å². The Morgan fingerprint density at radius 3 is 2.68 bits per heavy atom. The average molecular weight is 278 g/mol. The lowest BCUT2D eigenvalue weighted by Crippen LogP contribution is -2.42. The van der Waals surface area contributed by atoms with Crippen molar-refractivity contribution in [1.29, 1.82) is 0 Å². The fraction of sp³-hybridized carbons (Fsp3) is 0.533. The molecular weight excluding hydrogens is 256 g/mol. The van der Waals surface area contributed by atoms with Gasteiger partial charge in [-0.25, -0.2) is 0 Å². The Balaban J connectivity index is 2.11. The predicted octanol–water partition coefficient (Wildman–Crippen LogP) is 2.17. The van der Waals surface area contributed by atoms with E-state index in [0.29, 0.717) is 12.6 Å². The highest BCUT2D eigenvalue weighted by Crippen LogP contribution is 2.29. The van der Waals surface area contributed by atoms with Crippen LogP contribution in [0.5, 0.6) is 0 Å². The molecule has 0 unspecified atom stereocenters. The van der Waals surface area contributed by atoms with E-state index in [1.165, 1.54) is 11.1 Å². The van der Waals surface area contributed by atoms with Gasteiger partial charge in [0.25, 0.3) is 0 Å². The van der Waals surface area contributed by atoms with E-state index >= 15 is 0 Å². The van der Waals surface area contributed by atoms with Crippen LogP contribution in [0.2, 0.25) is 0 Å². The summed E-state index contributed by atoms with van der Waals surface area (Å²) in [7, 11) is 3.64. The molecule has 0 aromatic heterocycles. The number of hydrogen-bond acceptors (Lipinski definition) is 3. The summed E-state index contributed by atoms with van der Waals surface area (Å²) in [5.74, 6) is 2.37. The van der Waals surface area contributed by atoms with Crippen molar-refractivity contribution in [2.75, 3.05) is 38.7 Å². The van der Waals surface area contributed by atoms with E-state index in [1.54, 1.807) is 4.90 Å². The van der Waals surface area contributed by atoms with Crippen LogP contribution < -0.4 is 0 Å². The number of rotatable bonds is 3. The molecule has 0 radical (unpaired) electrons. The zero-order valence-corrected chi connectivity index (χ0v) is 12.7. The third kappa shape index (κ3) is 3.74. The molecule has 2 rings (SSSR count). The van der Waals surface area contributed by atoms with Crippen LogP contribution in [-0.4, -0.2) is 54.4 Å². The van der Waals surface area contributed by atoms with Gasteiger partial charge >= 0.3 is 0 Å². The lowest BCUT2D eigenvalue weighted by atomic mass is 10.0. The first-order valence-corrected chi connectivity index (χ1v) is 7.82. The number of likely N-dealkylation sites (N-methyl/N-ethyl adjacent to an activating group) is 1. The maximum atomic E-state index is 11.9. The number of amides is 1. The van der Waals surface area contributed by atoms with Gasteiger partial charge in [-0.05, 0) is 12.5 Å². The Bertz CT molecular complexity index is 430. The molecule has 0 N–H and O–H groups in total. The molecule has 0 bridgehead atoms. The van der Waals surface area contributed by atoms with E-state index in [-0.39, 0.29) is 5.91 Å². The van der Waals surface area contributed by atoms with Crippen molar-refractivity contribution in [3.05, 3.63) is 35.4 Å². The third-order valence-corrected chi connectivity index (χ3v) is 4.56. The minimum Gasteiger partial charge on any atom is -0.348 e. The fourth-order valence-electron chi connectivity index (χ4n) is 2.24. The summed E-state index contributed by atoms with van der Waals surface area (Å²) >= 11 is 1.97. The first-order chi connectivity index (χ1) is 9.08. The standard InChI is InChI=1S/C15H22N2OS/c1-12-4-6-13(7-5-12)14-11-19-9-8-17(14)10-15(18)16(2)3/h4-7,14H,8-11H2,1-3H3/t14-/m1/s1. The second-order valence-electron chi connectivity index (χ2n) is 5.26. The zero-order chi connectivity index (χ0) is 13.8. The smallest absolute Gasteiger partial charge is 0.236 e. The molecule has 1 aromatic rings. The van der Waals surface area contributed by atoms with Crippen LogP contribution >= 0.6 is 11.8 Å². The minimum absolute atomic E-state index is 0.184. The first kappa shape index (κ1) is 14.4. The molecule has 1 saturated heterocycles. The highest BCUT2D eigenvalue weighted by Gasteiger charge is 2.26. The van der Waals surface area contributed by atoms with E-state index in [0.717, 1.165) is 18.1 Å². The van der Waals surface area contributed by atoms with Gasteiger partial charge < -0.3 is 4.90 Å². The van der Waals surface area contributed by atoms with Crippen LogP contribution in [0.1, 0.15) is 17.2 Å². The van der Waals surface area contributed by atoms with Crippen molar-refractivity contribution < 1.29 is 4.79 Å². The van der Waals surface area contributed by atoms with Gasteiger partial charge in [0.15, 0.2) is 0 Å². The first-order valence-electron chi connectivity index (χ1n) is 6.66. The van der Waals surface area contributed by atoms with Gasteiger partial charge in [0.1, 0.15) is 0 Å². The average Bonchev–Trinajstić information content (AvgIpc) is 2.40. The normalized spacial score (nSPS) is 20.3. The Morgan fingerprint density at radius 1 is 1.37 bits per heavy atom. The van der Waals surface area contributed by atoms with Crippen molar-refractivity contribution in [3.8, 4) is 0 Å². The summed E-state index contributed by atoms with van der Waals surface area (Å²) in [6, 6.07) is 9.06. The molecule has 0 saturated carbocycles. The third-order valence-electron chi connectivity index (χ3n) is 3.54. The van der Waals surface area contributed by atoms with Gasteiger partial charge in [-0.2, -0.15) is 11.8 Å². The maximum Gasteiger partial charge on any atom is 0.236 e. The van der Waals surface area contributed by atoms with Gasteiger partial charge in [-0.3, -0.25) is 9.69 Å². The molecule has 0 aliphatic carbocycles. The van der Waals surface area contributed by atoms with Gasteiger partial charge in [-0.15, -0.1) is 0 Å². The number of nitrogens with zero attached hydrogens (tertiary/aromatic N) is 2. The zero-order valence-electron chi connectivity index (χ0n) is 11.9. The van der Waals surface area contributed by atoms with Crippen molar-refractivity contribution in [2.45, 2.75) is 13.0 Å². The Kier molecular flexibility index (Phi) is 4.88. The molecular formula is C15H22N2OS. The number of carbonyl (C=O) groups excluding carboxylic acids is 1. The van der Waals surface area contributed by atoms with E-state index in [4.69, 9.17) is 0 Å². The molecule has 4 heteroatoms. The van der Waals surface area contributed by atoms with Crippen LogP contribution in [0, 0.1) is 6.92 Å². The molecule has 1 aromatic carbocycles. The molecule has 19 heavy (non-hydrogen) atoms. The molecule has 3 nitrogen and oxygen atoms in total. The van der Waals surface area contributed by atoms with Crippen LogP contribution in [-0.2, 0) is 4.79 Å². The Morgan fingerprint density at radius 2 is 2.05 bits per heavy atom. The maximum absolute atomic E-state index is 11.9. The van der Waals surface area contributed by atoms with E-state index in [9.17, 15) is 4.79 Å². The van der Waals surface area contributed by atoms with Crippen molar-refractivity contribution in [2.24, 2.45) is 0 Å². The fourth-order valence-corrected chi connectivity index (χ4v) is 3.39. The molecule has 1 fully saturated rings. The topological polar surface area (TPSA) is 23.6 Å². The largest absolute Gasteiger partial charge is 0.348 e. The summed E-state index contributed by atoms with van der Waals surface area (Å²) in [6.45, 7) is 3.61. The minimum atomic E-state index is 0.184. The molecule has 104 valence electrons. The van der Waals surface area contributed by atoms with Crippen molar-refractivity contribution in [3.63, 3.8) is 0 Å². The van der Waals surface area contributed by atoms with Gasteiger partial charge in [0.2, 0.25) is 5.91 Å². The highest BCUT2D eigenvalue weighted by molar-refractivity contribution is 7.99. The quantitative estimate of drug-likeness (QED) is 0.846. The summed E-state index contributed by atoms with van der Waals surface area (Å²) in [5.41, 5.74) is 2.60. The number of carbonyl (C=O) groups is 1. The second-order valence-corrected chi connectivity index (χ2v) is 6.41. The molecule has 1 atom stereocenters. The molecule has 1 aliphatic heterocycles. The van der Waals surface area contributed by atoms with Crippen LogP contribution in [0.15, 0.2) is 24.3 Å². The summed E-state index contributed by atoms with van der Waals surface area (Å²) in [5, 5.41) is 0. The molecule has 0 spiro atoms. The van der Waals surface area contributed by atoms with Gasteiger partial charge in [-0.1, -0.05) is 29.8 Å². The van der Waals surface area contributed by atoms with E-state index < -0.39 is 0 Å². The summed E-state index contributed by atoms with van der Waals surface area (Å²) in [4.78, 5) is 15.9. The number of hydrogen-bond donors (Lipinski definition) is 0. The van der Waals surface area contributed by atoms with Crippen LogP contribution in [0.25, 0.3) is 0 Å². The predicted molar refractivity (Wildman–Crippen MR) is 81.5 cm³/mol. The highest BCUT2D eigenvalue weighted by atomic mass is 32.2. The lowest BCUT2D eigenvalue weighted by molar-refractivity contribution is -0.130. The van der Waals surface area contributed by atoms with Crippen LogP contribution in [0.3, 0.4) is 0 Å². The van der Waals surface area contributed by atoms with E-state index in [2.05, 4.69) is 36.1 Å². The number of aryl methyl sites for hydroxylation is 1. The molecule has 1 heterocycles. The Labute approximate surface area is 120 Å².